The molecule has 158 valence electrons. The van der Waals surface area contributed by atoms with Crippen LogP contribution in [0.3, 0.4) is 0 Å². The van der Waals surface area contributed by atoms with Crippen molar-refractivity contribution in [2.45, 2.75) is 11.8 Å². The first kappa shape index (κ1) is 22.8. The quantitative estimate of drug-likeness (QED) is 0.641. The summed E-state index contributed by atoms with van der Waals surface area (Å²) < 4.78 is 42.3. The minimum absolute atomic E-state index is 0.0306. The molecule has 0 fully saturated rings. The van der Waals surface area contributed by atoms with Gasteiger partial charge >= 0.3 is 0 Å². The van der Waals surface area contributed by atoms with E-state index in [4.69, 9.17) is 25.8 Å². The van der Waals surface area contributed by atoms with Gasteiger partial charge in [-0.15, -0.1) is 0 Å². The van der Waals surface area contributed by atoms with Gasteiger partial charge in [-0.3, -0.25) is 4.79 Å². The van der Waals surface area contributed by atoms with Gasteiger partial charge in [-0.05, 0) is 30.3 Å². The van der Waals surface area contributed by atoms with Gasteiger partial charge in [0, 0.05) is 12.6 Å². The van der Waals surface area contributed by atoms with Crippen molar-refractivity contribution in [3.05, 3.63) is 41.4 Å². The summed E-state index contributed by atoms with van der Waals surface area (Å²) in [6.45, 7) is 1.35. The molecule has 0 aliphatic heterocycles. The highest BCUT2D eigenvalue weighted by molar-refractivity contribution is 7.89. The second-order valence-corrected chi connectivity index (χ2v) is 8.19. The van der Waals surface area contributed by atoms with Crippen LogP contribution in [0.15, 0.2) is 41.3 Å². The third kappa shape index (κ3) is 5.31. The summed E-state index contributed by atoms with van der Waals surface area (Å²) in [7, 11) is 0.462. The molecule has 8 nitrogen and oxygen atoms in total. The number of hydrogen-bond donors (Lipinski definition) is 1. The minimum Gasteiger partial charge on any atom is -0.497 e. The first-order valence-corrected chi connectivity index (χ1v) is 10.4. The van der Waals surface area contributed by atoms with Crippen molar-refractivity contribution >= 4 is 33.2 Å². The Morgan fingerprint density at radius 2 is 1.69 bits per heavy atom. The van der Waals surface area contributed by atoms with Crippen molar-refractivity contribution in [3.8, 4) is 17.2 Å². The van der Waals surface area contributed by atoms with Crippen molar-refractivity contribution in [2.24, 2.45) is 0 Å². The van der Waals surface area contributed by atoms with Crippen LogP contribution >= 0.6 is 11.6 Å². The fourth-order valence-electron chi connectivity index (χ4n) is 2.59. The van der Waals surface area contributed by atoms with Crippen LogP contribution in [-0.4, -0.2) is 53.0 Å². The second kappa shape index (κ2) is 9.82. The van der Waals surface area contributed by atoms with Gasteiger partial charge in [0.25, 0.3) is 0 Å². The molecule has 0 unspecified atom stereocenters. The molecule has 29 heavy (non-hydrogen) atoms. The Kier molecular flexibility index (Phi) is 7.72. The van der Waals surface area contributed by atoms with Gasteiger partial charge in [0.2, 0.25) is 15.9 Å². The molecule has 0 spiro atoms. The van der Waals surface area contributed by atoms with Crippen molar-refractivity contribution in [3.63, 3.8) is 0 Å². The smallest absolute Gasteiger partial charge is 0.243 e. The van der Waals surface area contributed by atoms with Crippen LogP contribution in [-0.2, 0) is 14.8 Å². The lowest BCUT2D eigenvalue weighted by molar-refractivity contribution is -0.116. The zero-order valence-electron chi connectivity index (χ0n) is 16.6. The molecule has 0 saturated heterocycles. The minimum atomic E-state index is -3.94. The number of ether oxygens (including phenoxy) is 3. The SMILES string of the molecule is CCN(CC(=O)Nc1cc(OC)ccc1OC)S(=O)(=O)c1ccc(OC)c(Cl)c1. The number of likely N-dealkylation sites (N-methyl/N-ethyl adjacent to an activating group) is 1. The lowest BCUT2D eigenvalue weighted by atomic mass is 10.2. The predicted molar refractivity (Wildman–Crippen MR) is 111 cm³/mol. The Morgan fingerprint density at radius 3 is 2.24 bits per heavy atom. The standard InChI is InChI=1S/C19H23ClN2O6S/c1-5-22(29(24,25)14-7-9-17(27-3)15(20)11-14)12-19(23)21-16-10-13(26-2)6-8-18(16)28-4/h6-11H,5,12H2,1-4H3,(H,21,23). The van der Waals surface area contributed by atoms with E-state index >= 15 is 0 Å². The van der Waals surface area contributed by atoms with E-state index < -0.39 is 15.9 Å². The van der Waals surface area contributed by atoms with Crippen LogP contribution in [0.4, 0.5) is 5.69 Å². The molecule has 0 aliphatic carbocycles. The molecule has 2 aromatic rings. The van der Waals surface area contributed by atoms with Crippen LogP contribution in [0.1, 0.15) is 6.92 Å². The number of anilines is 1. The van der Waals surface area contributed by atoms with E-state index in [0.717, 1.165) is 4.31 Å². The van der Waals surface area contributed by atoms with E-state index in [-0.39, 0.29) is 23.0 Å². The molecule has 0 aromatic heterocycles. The molecule has 0 aliphatic rings. The van der Waals surface area contributed by atoms with Crippen molar-refractivity contribution in [1.82, 2.24) is 4.31 Å². The maximum absolute atomic E-state index is 12.9. The number of nitrogens with one attached hydrogen (secondary N) is 1. The van der Waals surface area contributed by atoms with E-state index in [1.165, 1.54) is 39.5 Å². The van der Waals surface area contributed by atoms with Gasteiger partial charge in [-0.2, -0.15) is 4.31 Å². The van der Waals surface area contributed by atoms with Crippen LogP contribution in [0.5, 0.6) is 17.2 Å². The maximum atomic E-state index is 12.9. The molecule has 2 rings (SSSR count). The van der Waals surface area contributed by atoms with Gasteiger partial charge in [-0.25, -0.2) is 8.42 Å². The molecule has 1 N–H and O–H groups in total. The monoisotopic (exact) mass is 442 g/mol. The van der Waals surface area contributed by atoms with E-state index in [0.29, 0.717) is 22.9 Å². The molecule has 0 heterocycles. The van der Waals surface area contributed by atoms with Crippen LogP contribution in [0, 0.1) is 0 Å². The summed E-state index contributed by atoms with van der Waals surface area (Å²) in [6, 6.07) is 9.05. The lowest BCUT2D eigenvalue weighted by Crippen LogP contribution is -2.37. The summed E-state index contributed by atoms with van der Waals surface area (Å²) in [5.74, 6) is 0.777. The van der Waals surface area contributed by atoms with E-state index in [1.54, 1.807) is 25.1 Å². The first-order chi connectivity index (χ1) is 13.8. The third-order valence-corrected chi connectivity index (χ3v) is 6.33. The Bertz CT molecular complexity index is 981. The predicted octanol–water partition coefficient (Wildman–Crippen LogP) is 3.02. The number of carbonyl (C=O) groups is 1. The number of rotatable bonds is 9. The van der Waals surface area contributed by atoms with Crippen LogP contribution < -0.4 is 19.5 Å². The zero-order chi connectivity index (χ0) is 21.6. The van der Waals surface area contributed by atoms with Gasteiger partial charge in [0.1, 0.15) is 17.2 Å². The van der Waals surface area contributed by atoms with Gasteiger partial charge in [0.15, 0.2) is 0 Å². The van der Waals surface area contributed by atoms with Crippen molar-refractivity contribution in [2.75, 3.05) is 39.7 Å². The summed E-state index contributed by atoms with van der Waals surface area (Å²) >= 11 is 6.05. The molecule has 1 amide bonds. The molecule has 0 atom stereocenters. The number of hydrogen-bond acceptors (Lipinski definition) is 6. The third-order valence-electron chi connectivity index (χ3n) is 4.11. The number of methoxy groups -OCH3 is 3. The Morgan fingerprint density at radius 1 is 1.03 bits per heavy atom. The molecule has 0 radical (unpaired) electrons. The van der Waals surface area contributed by atoms with E-state index in [9.17, 15) is 13.2 Å². The molecular weight excluding hydrogens is 420 g/mol. The molecule has 2 aromatic carbocycles. The van der Waals surface area contributed by atoms with Gasteiger partial charge in [-0.1, -0.05) is 18.5 Å². The topological polar surface area (TPSA) is 94.2 Å². The summed E-state index contributed by atoms with van der Waals surface area (Å²) in [5.41, 5.74) is 0.373. The number of carbonyl (C=O) groups excluding carboxylic acids is 1. The van der Waals surface area contributed by atoms with Crippen LogP contribution in [0.25, 0.3) is 0 Å². The number of benzene rings is 2. The first-order valence-electron chi connectivity index (χ1n) is 8.62. The van der Waals surface area contributed by atoms with Gasteiger partial charge in [0.05, 0.1) is 43.5 Å². The van der Waals surface area contributed by atoms with E-state index in [2.05, 4.69) is 5.32 Å². The summed E-state index contributed by atoms with van der Waals surface area (Å²) in [6.07, 6.45) is 0. The number of nitrogens with zero attached hydrogens (tertiary/aromatic N) is 1. The highest BCUT2D eigenvalue weighted by Gasteiger charge is 2.26. The zero-order valence-corrected chi connectivity index (χ0v) is 18.1. The number of halogens is 1. The van der Waals surface area contributed by atoms with E-state index in [1.807, 2.05) is 0 Å². The highest BCUT2D eigenvalue weighted by atomic mass is 35.5. The molecule has 10 heteroatoms. The lowest BCUT2D eigenvalue weighted by Gasteiger charge is -2.21. The van der Waals surface area contributed by atoms with Crippen LogP contribution in [0.2, 0.25) is 5.02 Å². The fraction of sp³-hybridized carbons (Fsp3) is 0.316. The summed E-state index contributed by atoms with van der Waals surface area (Å²) in [5, 5.41) is 2.82. The maximum Gasteiger partial charge on any atom is 0.243 e. The fourth-order valence-corrected chi connectivity index (χ4v) is 4.34. The number of amides is 1. The average Bonchev–Trinajstić information content (AvgIpc) is 2.71. The Hall–Kier alpha value is -2.49. The Balaban J connectivity index is 2.22. The normalized spacial score (nSPS) is 11.2. The largest absolute Gasteiger partial charge is 0.497 e. The molecular formula is C19H23ClN2O6S. The molecule has 0 bridgehead atoms. The average molecular weight is 443 g/mol. The summed E-state index contributed by atoms with van der Waals surface area (Å²) in [4.78, 5) is 12.5. The Labute approximate surface area is 175 Å². The number of sulfonamides is 1. The van der Waals surface area contributed by atoms with Crippen molar-refractivity contribution in [1.29, 1.82) is 0 Å². The second-order valence-electron chi connectivity index (χ2n) is 5.84. The van der Waals surface area contributed by atoms with Gasteiger partial charge < -0.3 is 19.5 Å². The molecule has 0 saturated carbocycles. The van der Waals surface area contributed by atoms with Crippen molar-refractivity contribution < 1.29 is 27.4 Å². The highest BCUT2D eigenvalue weighted by Crippen LogP contribution is 2.30.